The van der Waals surface area contributed by atoms with Crippen LogP contribution in [0.25, 0.3) is 5.69 Å². The summed E-state index contributed by atoms with van der Waals surface area (Å²) in [7, 11) is 1.58. The highest BCUT2D eigenvalue weighted by Crippen LogP contribution is 2.24. The maximum atomic E-state index is 12.4. The van der Waals surface area contributed by atoms with Crippen molar-refractivity contribution < 1.29 is 9.53 Å². The van der Waals surface area contributed by atoms with E-state index in [-0.39, 0.29) is 11.6 Å². The number of ether oxygens (including phenoxy) is 1. The number of halogens is 1. The first-order chi connectivity index (χ1) is 12.5. The Labute approximate surface area is 155 Å². The molecule has 0 aliphatic carbocycles. The number of amides is 1. The second-order valence-electron chi connectivity index (χ2n) is 5.58. The van der Waals surface area contributed by atoms with Crippen LogP contribution in [-0.4, -0.2) is 22.8 Å². The van der Waals surface area contributed by atoms with Crippen LogP contribution in [0.1, 0.15) is 21.6 Å². The molecule has 0 saturated carbocycles. The quantitative estimate of drug-likeness (QED) is 0.757. The maximum absolute atomic E-state index is 12.4. The van der Waals surface area contributed by atoms with Crippen molar-refractivity contribution in [2.75, 3.05) is 12.4 Å². The van der Waals surface area contributed by atoms with Gasteiger partial charge in [0.1, 0.15) is 17.5 Å². The summed E-state index contributed by atoms with van der Waals surface area (Å²) in [4.78, 5) is 12.4. The topological polar surface area (TPSA) is 79.9 Å². The first kappa shape index (κ1) is 17.5. The minimum absolute atomic E-state index is 0.238. The number of nitrogens with zero attached hydrogens (tertiary/aromatic N) is 3. The van der Waals surface area contributed by atoms with Crippen molar-refractivity contribution in [1.29, 1.82) is 5.26 Å². The van der Waals surface area contributed by atoms with Crippen LogP contribution in [0, 0.1) is 18.3 Å². The molecule has 7 heteroatoms. The molecule has 130 valence electrons. The van der Waals surface area contributed by atoms with Gasteiger partial charge in [-0.3, -0.25) is 4.79 Å². The van der Waals surface area contributed by atoms with Crippen molar-refractivity contribution in [2.24, 2.45) is 0 Å². The van der Waals surface area contributed by atoms with Gasteiger partial charge >= 0.3 is 0 Å². The highest BCUT2D eigenvalue weighted by Gasteiger charge is 2.13. The summed E-state index contributed by atoms with van der Waals surface area (Å²) in [5.41, 5.74) is 2.79. The van der Waals surface area contributed by atoms with Crippen LogP contribution in [0.4, 0.5) is 5.69 Å². The Morgan fingerprint density at radius 1 is 1.27 bits per heavy atom. The monoisotopic (exact) mass is 366 g/mol. The molecule has 26 heavy (non-hydrogen) atoms. The summed E-state index contributed by atoms with van der Waals surface area (Å²) >= 11 is 5.90. The molecular formula is C19H15ClN4O2. The Bertz CT molecular complexity index is 1020. The molecule has 0 spiro atoms. The predicted molar refractivity (Wildman–Crippen MR) is 99.0 cm³/mol. The molecule has 0 radical (unpaired) electrons. The Morgan fingerprint density at radius 2 is 2.08 bits per heavy atom. The number of methoxy groups -OCH3 is 1. The number of aryl methyl sites for hydroxylation is 1. The van der Waals surface area contributed by atoms with Gasteiger partial charge in [0, 0.05) is 11.9 Å². The average Bonchev–Trinajstić information content (AvgIpc) is 3.13. The normalized spacial score (nSPS) is 10.2. The van der Waals surface area contributed by atoms with E-state index in [9.17, 15) is 4.79 Å². The molecule has 6 nitrogen and oxygen atoms in total. The van der Waals surface area contributed by atoms with Crippen molar-refractivity contribution in [3.8, 4) is 17.5 Å². The Morgan fingerprint density at radius 3 is 2.81 bits per heavy atom. The molecule has 0 unspecified atom stereocenters. The number of aromatic nitrogens is 2. The summed E-state index contributed by atoms with van der Waals surface area (Å²) < 4.78 is 6.94. The summed E-state index contributed by atoms with van der Waals surface area (Å²) in [6.45, 7) is 1.97. The molecule has 3 aromatic rings. The molecule has 0 aliphatic heterocycles. The van der Waals surface area contributed by atoms with Gasteiger partial charge in [-0.25, -0.2) is 4.68 Å². The molecule has 0 saturated heterocycles. The molecule has 0 fully saturated rings. The number of carbonyl (C=O) groups is 1. The minimum atomic E-state index is -0.387. The van der Waals surface area contributed by atoms with Crippen LogP contribution in [-0.2, 0) is 0 Å². The summed E-state index contributed by atoms with van der Waals surface area (Å²) in [5.74, 6) is 0.267. The predicted octanol–water partition coefficient (Wildman–Crippen LogP) is 3.97. The lowest BCUT2D eigenvalue weighted by Crippen LogP contribution is -2.13. The number of nitrogens with one attached hydrogen (secondary N) is 1. The summed E-state index contributed by atoms with van der Waals surface area (Å²) in [5, 5.41) is 16.4. The maximum Gasteiger partial charge on any atom is 0.276 e. The van der Waals surface area contributed by atoms with Gasteiger partial charge in [-0.05, 0) is 48.9 Å². The van der Waals surface area contributed by atoms with Gasteiger partial charge in [0.2, 0.25) is 0 Å². The van der Waals surface area contributed by atoms with Gasteiger partial charge in [-0.15, -0.1) is 0 Å². The number of hydrogen-bond donors (Lipinski definition) is 1. The van der Waals surface area contributed by atoms with Crippen molar-refractivity contribution >= 4 is 23.2 Å². The van der Waals surface area contributed by atoms with Crippen molar-refractivity contribution in [2.45, 2.75) is 6.92 Å². The Kier molecular flexibility index (Phi) is 4.92. The second-order valence-corrected chi connectivity index (χ2v) is 5.99. The lowest BCUT2D eigenvalue weighted by atomic mass is 10.2. The van der Waals surface area contributed by atoms with Crippen molar-refractivity contribution in [3.63, 3.8) is 0 Å². The molecule has 0 aliphatic rings. The number of nitriles is 1. The minimum Gasteiger partial charge on any atom is -0.494 e. The van der Waals surface area contributed by atoms with E-state index in [2.05, 4.69) is 10.4 Å². The molecule has 1 heterocycles. The molecule has 3 rings (SSSR count). The second kappa shape index (κ2) is 7.30. The number of anilines is 1. The first-order valence-corrected chi connectivity index (χ1v) is 8.11. The van der Waals surface area contributed by atoms with E-state index in [4.69, 9.17) is 21.6 Å². The number of hydrogen-bond acceptors (Lipinski definition) is 4. The lowest BCUT2D eigenvalue weighted by Gasteiger charge is -2.09. The number of carbonyl (C=O) groups excluding carboxylic acids is 1. The van der Waals surface area contributed by atoms with Crippen LogP contribution in [0.3, 0.4) is 0 Å². The van der Waals surface area contributed by atoms with Crippen LogP contribution < -0.4 is 10.1 Å². The van der Waals surface area contributed by atoms with Gasteiger partial charge in [0.25, 0.3) is 5.91 Å². The third-order valence-corrected chi connectivity index (χ3v) is 4.08. The first-order valence-electron chi connectivity index (χ1n) is 7.73. The van der Waals surface area contributed by atoms with E-state index in [0.717, 1.165) is 11.3 Å². The van der Waals surface area contributed by atoms with Crippen LogP contribution in [0.15, 0.2) is 48.7 Å². The van der Waals surface area contributed by atoms with E-state index in [1.54, 1.807) is 36.2 Å². The zero-order chi connectivity index (χ0) is 18.7. The van der Waals surface area contributed by atoms with E-state index in [0.29, 0.717) is 22.0 Å². The van der Waals surface area contributed by atoms with Crippen molar-refractivity contribution in [1.82, 2.24) is 9.78 Å². The van der Waals surface area contributed by atoms with E-state index < -0.39 is 0 Å². The number of rotatable bonds is 4. The van der Waals surface area contributed by atoms with E-state index in [1.807, 2.05) is 31.2 Å². The zero-order valence-corrected chi connectivity index (χ0v) is 14.9. The van der Waals surface area contributed by atoms with Crippen molar-refractivity contribution in [3.05, 3.63) is 70.5 Å². The fraction of sp³-hybridized carbons (Fsp3) is 0.105. The third-order valence-electron chi connectivity index (χ3n) is 3.75. The Hall–Kier alpha value is -3.30. The lowest BCUT2D eigenvalue weighted by molar-refractivity contribution is 0.102. The Balaban J connectivity index is 1.85. The molecular weight excluding hydrogens is 352 g/mol. The van der Waals surface area contributed by atoms with Crippen LogP contribution in [0.2, 0.25) is 5.02 Å². The highest BCUT2D eigenvalue weighted by molar-refractivity contribution is 6.31. The van der Waals surface area contributed by atoms with Crippen LogP contribution in [0.5, 0.6) is 5.75 Å². The van der Waals surface area contributed by atoms with Crippen LogP contribution >= 0.6 is 11.6 Å². The fourth-order valence-corrected chi connectivity index (χ4v) is 2.60. The summed E-state index contributed by atoms with van der Waals surface area (Å²) in [6.07, 6.45) is 1.69. The van der Waals surface area contributed by atoms with Gasteiger partial charge in [0.05, 0.1) is 17.7 Å². The molecule has 2 aromatic carbocycles. The SMILES string of the molecule is COc1ccc(C)cc1-n1ccc(C(=O)Nc2ccc(Cl)c(C#N)c2)n1. The van der Waals surface area contributed by atoms with E-state index >= 15 is 0 Å². The third kappa shape index (κ3) is 3.53. The van der Waals surface area contributed by atoms with E-state index in [1.165, 1.54) is 6.07 Å². The smallest absolute Gasteiger partial charge is 0.276 e. The molecule has 1 amide bonds. The molecule has 0 bridgehead atoms. The molecule has 1 aromatic heterocycles. The molecule has 1 N–H and O–H groups in total. The summed E-state index contributed by atoms with van der Waals surface area (Å²) in [6, 6.07) is 14.0. The molecule has 0 atom stereocenters. The average molecular weight is 367 g/mol. The zero-order valence-electron chi connectivity index (χ0n) is 14.2. The van der Waals surface area contributed by atoms with Gasteiger partial charge in [-0.2, -0.15) is 10.4 Å². The van der Waals surface area contributed by atoms with Gasteiger partial charge in [-0.1, -0.05) is 17.7 Å². The fourth-order valence-electron chi connectivity index (χ4n) is 2.44. The van der Waals surface area contributed by atoms with Gasteiger partial charge in [0.15, 0.2) is 5.69 Å². The number of benzene rings is 2. The standard InChI is InChI=1S/C19H15ClN4O2/c1-12-3-6-18(26-2)17(9-12)24-8-7-16(23-24)19(25)22-14-4-5-15(20)13(10-14)11-21/h3-10H,1-2H3,(H,22,25). The van der Waals surface area contributed by atoms with Gasteiger partial charge < -0.3 is 10.1 Å². The highest BCUT2D eigenvalue weighted by atomic mass is 35.5. The largest absolute Gasteiger partial charge is 0.494 e.